The van der Waals surface area contributed by atoms with Crippen molar-refractivity contribution < 1.29 is 9.59 Å². The Morgan fingerprint density at radius 3 is 2.46 bits per heavy atom. The fourth-order valence-electron chi connectivity index (χ4n) is 3.44. The van der Waals surface area contributed by atoms with Crippen molar-refractivity contribution in [2.24, 2.45) is 22.9 Å². The van der Waals surface area contributed by atoms with Gasteiger partial charge in [-0.2, -0.15) is 5.10 Å². The quantitative estimate of drug-likeness (QED) is 0.785. The van der Waals surface area contributed by atoms with Crippen molar-refractivity contribution in [3.63, 3.8) is 0 Å². The monoisotopic (exact) mass is 355 g/mol. The molecule has 2 N–H and O–H groups in total. The Labute approximate surface area is 155 Å². The molecule has 0 aromatic heterocycles. The molecular weight excluding hydrogens is 326 g/mol. The van der Waals surface area contributed by atoms with E-state index >= 15 is 0 Å². The third-order valence-electron chi connectivity index (χ3n) is 5.35. The summed E-state index contributed by atoms with van der Waals surface area (Å²) in [5.74, 6) is 0.780. The van der Waals surface area contributed by atoms with Gasteiger partial charge in [0.05, 0.1) is 5.70 Å². The minimum Gasteiger partial charge on any atom is -0.355 e. The third-order valence-corrected chi connectivity index (χ3v) is 5.35. The molecule has 2 rings (SSSR count). The van der Waals surface area contributed by atoms with Gasteiger partial charge in [0.15, 0.2) is 0 Å². The van der Waals surface area contributed by atoms with E-state index in [1.165, 1.54) is 5.57 Å². The van der Waals surface area contributed by atoms with E-state index in [0.717, 1.165) is 24.1 Å². The van der Waals surface area contributed by atoms with E-state index in [1.54, 1.807) is 14.0 Å². The zero-order chi connectivity index (χ0) is 19.3. The number of hydrogen-bond acceptors (Lipinski definition) is 4. The summed E-state index contributed by atoms with van der Waals surface area (Å²) < 4.78 is 0. The first-order valence-corrected chi connectivity index (χ1v) is 9.21. The first kappa shape index (κ1) is 19.9. The second-order valence-electron chi connectivity index (χ2n) is 7.05. The van der Waals surface area contributed by atoms with Crippen LogP contribution in [0.15, 0.2) is 34.9 Å². The van der Waals surface area contributed by atoms with Gasteiger partial charge >= 0.3 is 0 Å². The highest BCUT2D eigenvalue weighted by Gasteiger charge is 2.27. The van der Waals surface area contributed by atoms with Crippen LogP contribution in [-0.2, 0) is 4.79 Å². The van der Waals surface area contributed by atoms with Gasteiger partial charge in [-0.3, -0.25) is 15.0 Å². The molecule has 0 fully saturated rings. The summed E-state index contributed by atoms with van der Waals surface area (Å²) in [6.45, 7) is 7.95. The second-order valence-corrected chi connectivity index (χ2v) is 7.05. The van der Waals surface area contributed by atoms with Gasteiger partial charge in [0.2, 0.25) is 0 Å². The summed E-state index contributed by atoms with van der Waals surface area (Å²) in [4.78, 5) is 23.4. The lowest BCUT2D eigenvalue weighted by atomic mass is 9.78. The Morgan fingerprint density at radius 2 is 1.92 bits per heavy atom. The minimum atomic E-state index is -0.0981. The molecular formula is C21H29N3O2. The summed E-state index contributed by atoms with van der Waals surface area (Å²) >= 11 is 0. The molecule has 1 amide bonds. The summed E-state index contributed by atoms with van der Waals surface area (Å²) in [5, 5.41) is 6.99. The highest BCUT2D eigenvalue weighted by Crippen LogP contribution is 2.33. The predicted molar refractivity (Wildman–Crippen MR) is 106 cm³/mol. The van der Waals surface area contributed by atoms with Crippen LogP contribution in [0.25, 0.3) is 5.70 Å². The van der Waals surface area contributed by atoms with E-state index in [0.29, 0.717) is 11.5 Å². The van der Waals surface area contributed by atoms with E-state index < -0.39 is 0 Å². The number of nitrogens with one attached hydrogen (secondary N) is 2. The largest absolute Gasteiger partial charge is 0.355 e. The Balaban J connectivity index is 2.27. The summed E-state index contributed by atoms with van der Waals surface area (Å²) in [7, 11) is 1.62. The number of ketones is 1. The molecule has 3 unspecified atom stereocenters. The number of carbonyl (C=O) groups excluding carboxylic acids is 2. The van der Waals surface area contributed by atoms with Crippen molar-refractivity contribution in [2.45, 2.75) is 40.5 Å². The Bertz CT molecular complexity index is 719. The SMILES string of the molecule is CCC(CC(C)C(C)=O)C1C=NNC(c2ccc(C(=O)NC)cc2)=C1C. The third kappa shape index (κ3) is 4.40. The Hall–Kier alpha value is -2.43. The number of benzene rings is 1. The maximum Gasteiger partial charge on any atom is 0.251 e. The number of allylic oxidation sites excluding steroid dienone is 1. The number of Topliss-reactive ketones (excluding diaryl/α,β-unsaturated/α-hetero) is 1. The molecule has 0 aliphatic carbocycles. The van der Waals surface area contributed by atoms with E-state index in [9.17, 15) is 9.59 Å². The second kappa shape index (κ2) is 8.79. The van der Waals surface area contributed by atoms with Gasteiger partial charge in [0.25, 0.3) is 5.91 Å². The van der Waals surface area contributed by atoms with Gasteiger partial charge in [-0.05, 0) is 49.5 Å². The number of hydrogen-bond donors (Lipinski definition) is 2. The number of amides is 1. The van der Waals surface area contributed by atoms with E-state index in [4.69, 9.17) is 0 Å². The van der Waals surface area contributed by atoms with Crippen LogP contribution in [0, 0.1) is 17.8 Å². The standard InChI is InChI=1S/C21H29N3O2/c1-6-16(11-13(2)15(4)25)19-12-23-24-20(14(19)3)17-7-9-18(10-8-17)21(26)22-5/h7-10,12-13,16,19,24H,6,11H2,1-5H3,(H,22,26). The number of carbonyl (C=O) groups is 2. The van der Waals surface area contributed by atoms with Crippen molar-refractivity contribution in [1.29, 1.82) is 0 Å². The smallest absolute Gasteiger partial charge is 0.251 e. The average molecular weight is 355 g/mol. The number of nitrogens with zero attached hydrogens (tertiary/aromatic N) is 1. The van der Waals surface area contributed by atoms with Crippen LogP contribution in [-0.4, -0.2) is 25.0 Å². The van der Waals surface area contributed by atoms with Crippen LogP contribution < -0.4 is 10.7 Å². The van der Waals surface area contributed by atoms with Crippen LogP contribution >= 0.6 is 0 Å². The van der Waals surface area contributed by atoms with Crippen LogP contribution in [0.4, 0.5) is 0 Å². The summed E-state index contributed by atoms with van der Waals surface area (Å²) in [6, 6.07) is 7.51. The predicted octanol–water partition coefficient (Wildman–Crippen LogP) is 3.62. The van der Waals surface area contributed by atoms with Crippen molar-refractivity contribution in [2.75, 3.05) is 7.05 Å². The molecule has 26 heavy (non-hydrogen) atoms. The fourth-order valence-corrected chi connectivity index (χ4v) is 3.44. The van der Waals surface area contributed by atoms with Gasteiger partial charge in [-0.25, -0.2) is 0 Å². The Morgan fingerprint density at radius 1 is 1.27 bits per heavy atom. The van der Waals surface area contributed by atoms with E-state index in [2.05, 4.69) is 29.7 Å². The van der Waals surface area contributed by atoms with Crippen molar-refractivity contribution >= 4 is 23.6 Å². The summed E-state index contributed by atoms with van der Waals surface area (Å²) in [6.07, 6.45) is 3.82. The van der Waals surface area contributed by atoms with E-state index in [1.807, 2.05) is 37.4 Å². The topological polar surface area (TPSA) is 70.6 Å². The molecule has 1 aliphatic heterocycles. The zero-order valence-corrected chi connectivity index (χ0v) is 16.3. The van der Waals surface area contributed by atoms with Gasteiger partial charge in [-0.15, -0.1) is 0 Å². The van der Waals surface area contributed by atoms with Gasteiger partial charge in [-0.1, -0.05) is 32.4 Å². The molecule has 140 valence electrons. The minimum absolute atomic E-state index is 0.0614. The average Bonchev–Trinajstić information content (AvgIpc) is 2.65. The lowest BCUT2D eigenvalue weighted by molar-refractivity contribution is -0.120. The molecule has 5 nitrogen and oxygen atoms in total. The van der Waals surface area contributed by atoms with Crippen LogP contribution in [0.3, 0.4) is 0 Å². The molecule has 3 atom stereocenters. The lowest BCUT2D eigenvalue weighted by Crippen LogP contribution is -2.27. The van der Waals surface area contributed by atoms with Gasteiger partial charge in [0, 0.05) is 30.7 Å². The molecule has 0 saturated carbocycles. The normalized spacial score (nSPS) is 18.9. The van der Waals surface area contributed by atoms with Crippen LogP contribution in [0.5, 0.6) is 0 Å². The highest BCUT2D eigenvalue weighted by atomic mass is 16.1. The maximum atomic E-state index is 11.7. The van der Waals surface area contributed by atoms with Gasteiger partial charge < -0.3 is 5.32 Å². The van der Waals surface area contributed by atoms with Crippen LogP contribution in [0.2, 0.25) is 0 Å². The molecule has 1 heterocycles. The Kier molecular flexibility index (Phi) is 6.72. The highest BCUT2D eigenvalue weighted by molar-refractivity contribution is 5.94. The number of hydrazone groups is 1. The first-order chi connectivity index (χ1) is 12.4. The molecule has 0 saturated heterocycles. The lowest BCUT2D eigenvalue weighted by Gasteiger charge is -2.30. The molecule has 1 aromatic rings. The molecule has 1 aliphatic rings. The molecule has 0 spiro atoms. The molecule has 5 heteroatoms. The van der Waals surface area contributed by atoms with Gasteiger partial charge in [0.1, 0.15) is 5.78 Å². The van der Waals surface area contributed by atoms with Crippen molar-refractivity contribution in [3.8, 4) is 0 Å². The zero-order valence-electron chi connectivity index (χ0n) is 16.3. The van der Waals surface area contributed by atoms with Crippen molar-refractivity contribution in [1.82, 2.24) is 10.7 Å². The molecule has 0 radical (unpaired) electrons. The van der Waals surface area contributed by atoms with E-state index in [-0.39, 0.29) is 23.5 Å². The maximum absolute atomic E-state index is 11.7. The first-order valence-electron chi connectivity index (χ1n) is 9.21. The van der Waals surface area contributed by atoms with Crippen LogP contribution in [0.1, 0.15) is 56.5 Å². The van der Waals surface area contributed by atoms with Crippen molar-refractivity contribution in [3.05, 3.63) is 41.0 Å². The molecule has 1 aromatic carbocycles. The summed E-state index contributed by atoms with van der Waals surface area (Å²) in [5.41, 5.74) is 6.95. The fraction of sp³-hybridized carbons (Fsp3) is 0.476. The number of rotatable bonds is 7. The molecule has 0 bridgehead atoms.